The third kappa shape index (κ3) is 3.27. The van der Waals surface area contributed by atoms with E-state index in [1.54, 1.807) is 6.92 Å². The van der Waals surface area contributed by atoms with Crippen molar-refractivity contribution in [3.8, 4) is 0 Å². The van der Waals surface area contributed by atoms with Gasteiger partial charge in [0.1, 0.15) is 11.5 Å². The van der Waals surface area contributed by atoms with Gasteiger partial charge in [0.05, 0.1) is 21.1 Å². The van der Waals surface area contributed by atoms with Gasteiger partial charge in [0.2, 0.25) is 0 Å². The lowest BCUT2D eigenvalue weighted by molar-refractivity contribution is -0.384. The fraction of sp³-hybridized carbons (Fsp3) is 0.538. The number of halogens is 2. The predicted octanol–water partition coefficient (Wildman–Crippen LogP) is 3.24. The molecule has 5 nitrogen and oxygen atoms in total. The number of hydrogen-bond acceptors (Lipinski definition) is 4. The van der Waals surface area contributed by atoms with Crippen molar-refractivity contribution < 1.29 is 14.4 Å². The Kier molecular flexibility index (Phi) is 4.29. The minimum atomic E-state index is -0.749. The third-order valence-electron chi connectivity index (χ3n) is 3.62. The van der Waals surface area contributed by atoms with Crippen LogP contribution in [0.3, 0.4) is 0 Å². The van der Waals surface area contributed by atoms with Crippen LogP contribution >= 0.6 is 15.9 Å². The first-order valence-electron chi connectivity index (χ1n) is 6.41. The summed E-state index contributed by atoms with van der Waals surface area (Å²) in [5.74, 6) is -0.651. The van der Waals surface area contributed by atoms with E-state index in [4.69, 9.17) is 0 Å². The Balaban J connectivity index is 2.36. The summed E-state index contributed by atoms with van der Waals surface area (Å²) in [6, 6.07) is 2.37. The predicted molar refractivity (Wildman–Crippen MR) is 77.4 cm³/mol. The maximum Gasteiger partial charge on any atom is 0.295 e. The van der Waals surface area contributed by atoms with Gasteiger partial charge in [-0.1, -0.05) is 0 Å². The lowest BCUT2D eigenvalue weighted by Crippen LogP contribution is -2.28. The largest absolute Gasteiger partial charge is 0.390 e. The molecule has 0 spiro atoms. The highest BCUT2D eigenvalue weighted by Crippen LogP contribution is 2.35. The molecule has 0 bridgehead atoms. The van der Waals surface area contributed by atoms with Gasteiger partial charge in [0.25, 0.3) is 5.69 Å². The minimum Gasteiger partial charge on any atom is -0.390 e. The molecule has 1 unspecified atom stereocenters. The van der Waals surface area contributed by atoms with Crippen molar-refractivity contribution in [2.75, 3.05) is 18.0 Å². The lowest BCUT2D eigenvalue weighted by atomic mass is 9.98. The molecule has 1 heterocycles. The normalized spacial score (nSPS) is 23.5. The molecule has 1 aromatic rings. The molecule has 0 aliphatic carbocycles. The number of nitro benzene ring substituents is 1. The van der Waals surface area contributed by atoms with E-state index >= 15 is 0 Å². The van der Waals surface area contributed by atoms with Crippen LogP contribution in [0.5, 0.6) is 0 Å². The van der Waals surface area contributed by atoms with Crippen LogP contribution in [0.2, 0.25) is 0 Å². The third-order valence-corrected chi connectivity index (χ3v) is 4.23. The van der Waals surface area contributed by atoms with Crippen molar-refractivity contribution in [1.82, 2.24) is 0 Å². The zero-order chi connectivity index (χ0) is 14.9. The van der Waals surface area contributed by atoms with Gasteiger partial charge in [-0.2, -0.15) is 0 Å². The van der Waals surface area contributed by atoms with Gasteiger partial charge in [-0.15, -0.1) is 0 Å². The summed E-state index contributed by atoms with van der Waals surface area (Å²) in [4.78, 5) is 12.4. The lowest BCUT2D eigenvalue weighted by Gasteiger charge is -2.24. The Morgan fingerprint density at radius 1 is 1.45 bits per heavy atom. The SMILES string of the molecule is CC1(O)CCCN(c2cc(Br)c(F)cc2[N+](=O)[O-])CC1. The summed E-state index contributed by atoms with van der Waals surface area (Å²) in [6.45, 7) is 2.88. The molecule has 1 saturated heterocycles. The van der Waals surface area contributed by atoms with Gasteiger partial charge in [-0.05, 0) is 48.2 Å². The van der Waals surface area contributed by atoms with E-state index in [1.165, 1.54) is 6.07 Å². The molecule has 0 radical (unpaired) electrons. The molecule has 2 rings (SSSR count). The van der Waals surface area contributed by atoms with Gasteiger partial charge >= 0.3 is 0 Å². The minimum absolute atomic E-state index is 0.203. The van der Waals surface area contributed by atoms with Crippen molar-refractivity contribution in [1.29, 1.82) is 0 Å². The van der Waals surface area contributed by atoms with E-state index in [9.17, 15) is 19.6 Å². The zero-order valence-corrected chi connectivity index (χ0v) is 12.7. The first kappa shape index (κ1) is 15.2. The summed E-state index contributed by atoms with van der Waals surface area (Å²) in [7, 11) is 0. The highest BCUT2D eigenvalue weighted by molar-refractivity contribution is 9.10. The van der Waals surface area contributed by atoms with E-state index in [-0.39, 0.29) is 10.2 Å². The van der Waals surface area contributed by atoms with Crippen molar-refractivity contribution in [2.24, 2.45) is 0 Å². The molecular weight excluding hydrogens is 331 g/mol. The molecule has 1 aromatic carbocycles. The molecule has 7 heteroatoms. The highest BCUT2D eigenvalue weighted by atomic mass is 79.9. The van der Waals surface area contributed by atoms with Crippen LogP contribution in [-0.2, 0) is 0 Å². The molecule has 1 fully saturated rings. The van der Waals surface area contributed by atoms with Gasteiger partial charge in [-0.25, -0.2) is 4.39 Å². The van der Waals surface area contributed by atoms with Crippen LogP contribution in [0.1, 0.15) is 26.2 Å². The van der Waals surface area contributed by atoms with Crippen LogP contribution in [0.25, 0.3) is 0 Å². The van der Waals surface area contributed by atoms with Gasteiger partial charge in [-0.3, -0.25) is 10.1 Å². The Bertz CT molecular complexity index is 537. The molecule has 1 aliphatic heterocycles. The molecule has 0 aromatic heterocycles. The topological polar surface area (TPSA) is 66.6 Å². The first-order valence-corrected chi connectivity index (χ1v) is 7.20. The monoisotopic (exact) mass is 346 g/mol. The smallest absolute Gasteiger partial charge is 0.295 e. The number of nitrogens with zero attached hydrogens (tertiary/aromatic N) is 2. The molecule has 0 amide bonds. The molecular formula is C13H16BrFN2O3. The van der Waals surface area contributed by atoms with Crippen LogP contribution < -0.4 is 4.90 Å². The second-order valence-corrected chi connectivity index (χ2v) is 6.20. The molecule has 1 N–H and O–H groups in total. The second-order valence-electron chi connectivity index (χ2n) is 5.35. The quantitative estimate of drug-likeness (QED) is 0.659. The van der Waals surface area contributed by atoms with E-state index in [2.05, 4.69) is 15.9 Å². The summed E-state index contributed by atoms with van der Waals surface area (Å²) >= 11 is 3.06. The Morgan fingerprint density at radius 2 is 2.15 bits per heavy atom. The van der Waals surface area contributed by atoms with Crippen molar-refractivity contribution in [3.05, 3.63) is 32.5 Å². The second kappa shape index (κ2) is 5.65. The summed E-state index contributed by atoms with van der Waals surface area (Å²) in [5.41, 5.74) is -0.603. The zero-order valence-electron chi connectivity index (χ0n) is 11.1. The molecule has 0 saturated carbocycles. The van der Waals surface area contributed by atoms with Crippen LogP contribution in [-0.4, -0.2) is 28.7 Å². The number of rotatable bonds is 2. The van der Waals surface area contributed by atoms with Crippen LogP contribution in [0.4, 0.5) is 15.8 Å². The summed E-state index contributed by atoms with van der Waals surface area (Å²) in [5, 5.41) is 21.2. The summed E-state index contributed by atoms with van der Waals surface area (Å²) in [6.07, 6.45) is 1.91. The fourth-order valence-corrected chi connectivity index (χ4v) is 2.76. The standard InChI is InChI=1S/C13H16BrFN2O3/c1-13(18)3-2-5-16(6-4-13)11-7-9(14)10(15)8-12(11)17(19)20/h7-8,18H,2-6H2,1H3. The maximum atomic E-state index is 13.5. The molecule has 110 valence electrons. The molecule has 1 aliphatic rings. The Labute approximate surface area is 124 Å². The number of benzene rings is 1. The number of hydrogen-bond donors (Lipinski definition) is 1. The van der Waals surface area contributed by atoms with Gasteiger partial charge < -0.3 is 10.0 Å². The fourth-order valence-electron chi connectivity index (χ4n) is 2.43. The maximum absolute atomic E-state index is 13.5. The van der Waals surface area contributed by atoms with E-state index in [0.717, 1.165) is 12.5 Å². The number of aliphatic hydroxyl groups is 1. The Morgan fingerprint density at radius 3 is 2.80 bits per heavy atom. The number of nitro groups is 1. The van der Waals surface area contributed by atoms with E-state index < -0.39 is 16.3 Å². The van der Waals surface area contributed by atoms with Crippen LogP contribution in [0, 0.1) is 15.9 Å². The molecule has 1 atom stereocenters. The average molecular weight is 347 g/mol. The summed E-state index contributed by atoms with van der Waals surface area (Å²) < 4.78 is 13.7. The Hall–Kier alpha value is -1.21. The first-order chi connectivity index (χ1) is 9.30. The van der Waals surface area contributed by atoms with Crippen molar-refractivity contribution in [3.63, 3.8) is 0 Å². The van der Waals surface area contributed by atoms with E-state index in [1.807, 2.05) is 4.90 Å². The van der Waals surface area contributed by atoms with E-state index in [0.29, 0.717) is 31.6 Å². The van der Waals surface area contributed by atoms with Crippen LogP contribution in [0.15, 0.2) is 16.6 Å². The van der Waals surface area contributed by atoms with Gasteiger partial charge in [0, 0.05) is 13.1 Å². The highest BCUT2D eigenvalue weighted by Gasteiger charge is 2.28. The number of anilines is 1. The molecule has 20 heavy (non-hydrogen) atoms. The van der Waals surface area contributed by atoms with Crippen molar-refractivity contribution >= 4 is 27.3 Å². The van der Waals surface area contributed by atoms with Crippen molar-refractivity contribution in [2.45, 2.75) is 31.8 Å². The average Bonchev–Trinajstić information content (AvgIpc) is 2.53. The van der Waals surface area contributed by atoms with Gasteiger partial charge in [0.15, 0.2) is 0 Å².